The first-order chi connectivity index (χ1) is 13.6. The van der Waals surface area contributed by atoms with Crippen LogP contribution in [-0.2, 0) is 20.7 Å². The minimum atomic E-state index is -1.90. The Balaban J connectivity index is 2.17. The molecule has 8 N–H and O–H groups in total. The van der Waals surface area contributed by atoms with Gasteiger partial charge in [0.15, 0.2) is 5.72 Å². The van der Waals surface area contributed by atoms with E-state index in [9.17, 15) is 35.1 Å². The number of hydrogen-bond acceptors (Lipinski definition) is 9. The van der Waals surface area contributed by atoms with E-state index < -0.39 is 67.1 Å². The van der Waals surface area contributed by atoms with Crippen LogP contribution < -0.4 is 10.6 Å². The lowest BCUT2D eigenvalue weighted by molar-refractivity contribution is -0.154. The second-order valence-electron chi connectivity index (χ2n) is 7.37. The summed E-state index contributed by atoms with van der Waals surface area (Å²) in [4.78, 5) is 31.0. The van der Waals surface area contributed by atoms with Gasteiger partial charge < -0.3 is 40.6 Å². The van der Waals surface area contributed by atoms with E-state index in [0.29, 0.717) is 5.69 Å². The summed E-state index contributed by atoms with van der Waals surface area (Å²) in [5.41, 5.74) is -1.39. The van der Waals surface area contributed by atoms with Gasteiger partial charge in [0.1, 0.15) is 24.4 Å². The van der Waals surface area contributed by atoms with Crippen molar-refractivity contribution in [1.82, 2.24) is 20.6 Å². The highest BCUT2D eigenvalue weighted by Gasteiger charge is 2.55. The summed E-state index contributed by atoms with van der Waals surface area (Å²) in [6.45, 7) is 1.95. The number of nitrogens with zero attached hydrogens (tertiary/aromatic N) is 1. The summed E-state index contributed by atoms with van der Waals surface area (Å²) in [7, 11) is 0. The monoisotopic (exact) mass is 416 g/mol. The number of carbonyl (C=O) groups is 2. The highest BCUT2D eigenvalue weighted by atomic mass is 16.6. The number of imidazole rings is 1. The normalized spacial score (nSPS) is 29.0. The number of aliphatic hydroxyl groups is 4. The predicted octanol–water partition coefficient (Wildman–Crippen LogP) is -3.06. The molecule has 0 radical (unpaired) electrons. The standard InChI is InChI=1S/C17H28N4O8/c1-8(2)12(21-17(6-23)14(25)13(24)11(5-22)29-17)15(26)20-10(16(27)28)3-9-4-18-7-19-9/h4,7-8,10-14,21-25H,3,5-6H2,1-2H3,(H,18,19)(H,20,26)(H,27,28)/t10-,11+,12-,13+,14-,17?/m0/s1. The van der Waals surface area contributed by atoms with E-state index >= 15 is 0 Å². The number of H-pyrrole nitrogens is 1. The predicted molar refractivity (Wildman–Crippen MR) is 97.4 cm³/mol. The number of carboxylic acid groups (broad SMARTS) is 1. The van der Waals surface area contributed by atoms with Crippen LogP contribution in [0.4, 0.5) is 0 Å². The molecule has 1 saturated heterocycles. The minimum absolute atomic E-state index is 0.0263. The van der Waals surface area contributed by atoms with Gasteiger partial charge >= 0.3 is 5.97 Å². The zero-order valence-electron chi connectivity index (χ0n) is 16.1. The summed E-state index contributed by atoms with van der Waals surface area (Å²) < 4.78 is 5.42. The number of hydrogen-bond donors (Lipinski definition) is 8. The van der Waals surface area contributed by atoms with Gasteiger partial charge in [-0.1, -0.05) is 13.8 Å². The molecule has 1 fully saturated rings. The number of aromatic nitrogens is 2. The third-order valence-electron chi connectivity index (χ3n) is 4.90. The Morgan fingerprint density at radius 1 is 1.34 bits per heavy atom. The third-order valence-corrected chi connectivity index (χ3v) is 4.90. The Hall–Kier alpha value is -2.09. The number of rotatable bonds is 10. The zero-order valence-corrected chi connectivity index (χ0v) is 16.1. The van der Waals surface area contributed by atoms with Crippen molar-refractivity contribution >= 4 is 11.9 Å². The largest absolute Gasteiger partial charge is 0.480 e. The van der Waals surface area contributed by atoms with Crippen LogP contribution in [0.25, 0.3) is 0 Å². The van der Waals surface area contributed by atoms with Crippen LogP contribution in [0.15, 0.2) is 12.5 Å². The Bertz CT molecular complexity index is 685. The average molecular weight is 416 g/mol. The molecule has 2 rings (SSSR count). The maximum Gasteiger partial charge on any atom is 0.326 e. The lowest BCUT2D eigenvalue weighted by Gasteiger charge is -2.36. The second kappa shape index (κ2) is 9.61. The molecule has 1 amide bonds. The summed E-state index contributed by atoms with van der Waals surface area (Å²) in [5.74, 6) is -2.35. The van der Waals surface area contributed by atoms with E-state index in [1.807, 2.05) is 0 Å². The van der Waals surface area contributed by atoms with Crippen molar-refractivity contribution in [3.05, 3.63) is 18.2 Å². The van der Waals surface area contributed by atoms with E-state index in [4.69, 9.17) is 4.74 Å². The van der Waals surface area contributed by atoms with Crippen molar-refractivity contribution in [2.75, 3.05) is 13.2 Å². The van der Waals surface area contributed by atoms with Gasteiger partial charge in [-0.3, -0.25) is 10.1 Å². The molecule has 0 saturated carbocycles. The molecule has 1 unspecified atom stereocenters. The summed E-state index contributed by atoms with van der Waals surface area (Å²) >= 11 is 0. The molecule has 0 aromatic carbocycles. The highest BCUT2D eigenvalue weighted by molar-refractivity contribution is 5.87. The summed E-state index contributed by atoms with van der Waals surface area (Å²) in [6.07, 6.45) is -1.46. The van der Waals surface area contributed by atoms with Gasteiger partial charge in [0, 0.05) is 18.3 Å². The van der Waals surface area contributed by atoms with Crippen LogP contribution >= 0.6 is 0 Å². The lowest BCUT2D eigenvalue weighted by atomic mass is 9.97. The summed E-state index contributed by atoms with van der Waals surface area (Å²) in [5, 5.41) is 54.0. The molecule has 2 heterocycles. The molecule has 0 bridgehead atoms. The molecule has 1 aromatic rings. The van der Waals surface area contributed by atoms with E-state index in [-0.39, 0.29) is 6.42 Å². The number of amides is 1. The Morgan fingerprint density at radius 3 is 2.48 bits per heavy atom. The smallest absolute Gasteiger partial charge is 0.326 e. The fraction of sp³-hybridized carbons (Fsp3) is 0.706. The molecular formula is C17H28N4O8. The number of carboxylic acids is 1. The zero-order chi connectivity index (χ0) is 21.8. The molecule has 12 nitrogen and oxygen atoms in total. The molecule has 0 aliphatic carbocycles. The van der Waals surface area contributed by atoms with E-state index in [2.05, 4.69) is 20.6 Å². The van der Waals surface area contributed by atoms with Gasteiger partial charge in [-0.15, -0.1) is 0 Å². The highest BCUT2D eigenvalue weighted by Crippen LogP contribution is 2.30. The van der Waals surface area contributed by atoms with Gasteiger partial charge in [-0.25, -0.2) is 9.78 Å². The number of aromatic amines is 1. The van der Waals surface area contributed by atoms with Gasteiger partial charge in [0.05, 0.1) is 25.6 Å². The molecule has 164 valence electrons. The average Bonchev–Trinajstić information content (AvgIpc) is 3.27. The molecule has 1 aromatic heterocycles. The number of aliphatic carboxylic acids is 1. The van der Waals surface area contributed by atoms with Gasteiger partial charge in [-0.2, -0.15) is 0 Å². The van der Waals surface area contributed by atoms with Crippen LogP contribution in [0.5, 0.6) is 0 Å². The van der Waals surface area contributed by atoms with E-state index in [1.54, 1.807) is 13.8 Å². The van der Waals surface area contributed by atoms with Gasteiger partial charge in [0.25, 0.3) is 0 Å². The molecule has 29 heavy (non-hydrogen) atoms. The molecule has 6 atom stereocenters. The van der Waals surface area contributed by atoms with Crippen molar-refractivity contribution < 1.29 is 39.9 Å². The number of aliphatic hydroxyl groups excluding tert-OH is 4. The van der Waals surface area contributed by atoms with E-state index in [0.717, 1.165) is 0 Å². The first kappa shape index (κ1) is 23.2. The second-order valence-corrected chi connectivity index (χ2v) is 7.37. The van der Waals surface area contributed by atoms with Crippen molar-refractivity contribution in [3.63, 3.8) is 0 Å². The van der Waals surface area contributed by atoms with Crippen LogP contribution in [-0.4, -0.2) is 96.7 Å². The SMILES string of the molecule is CC(C)[C@H](NC1(CO)O[C@H](CO)[C@@H](O)[C@@H]1O)C(=O)N[C@@H](Cc1cnc[nH]1)C(=O)O. The lowest BCUT2D eigenvalue weighted by Crippen LogP contribution is -2.65. The molecule has 1 aliphatic heterocycles. The van der Waals surface area contributed by atoms with Crippen molar-refractivity contribution in [3.8, 4) is 0 Å². The first-order valence-electron chi connectivity index (χ1n) is 9.19. The first-order valence-corrected chi connectivity index (χ1v) is 9.19. The van der Waals surface area contributed by atoms with Crippen molar-refractivity contribution in [2.45, 2.75) is 56.4 Å². The Labute approximate surface area is 166 Å². The third kappa shape index (κ3) is 5.10. The number of nitrogens with one attached hydrogen (secondary N) is 3. The number of ether oxygens (including phenoxy) is 1. The quantitative estimate of drug-likeness (QED) is 0.194. The van der Waals surface area contributed by atoms with Crippen molar-refractivity contribution in [2.24, 2.45) is 5.92 Å². The molecule has 12 heteroatoms. The maximum absolute atomic E-state index is 12.8. The summed E-state index contributed by atoms with van der Waals surface area (Å²) in [6, 6.07) is -2.33. The minimum Gasteiger partial charge on any atom is -0.480 e. The maximum atomic E-state index is 12.8. The fourth-order valence-electron chi connectivity index (χ4n) is 3.21. The topological polar surface area (TPSA) is 197 Å². The fourth-order valence-corrected chi connectivity index (χ4v) is 3.21. The van der Waals surface area contributed by atoms with Crippen LogP contribution in [0.3, 0.4) is 0 Å². The Kier molecular flexibility index (Phi) is 7.68. The van der Waals surface area contributed by atoms with Crippen LogP contribution in [0.1, 0.15) is 19.5 Å². The van der Waals surface area contributed by atoms with Crippen LogP contribution in [0, 0.1) is 5.92 Å². The van der Waals surface area contributed by atoms with E-state index in [1.165, 1.54) is 12.5 Å². The van der Waals surface area contributed by atoms with Gasteiger partial charge in [0.2, 0.25) is 5.91 Å². The van der Waals surface area contributed by atoms with Crippen molar-refractivity contribution in [1.29, 1.82) is 0 Å². The molecular weight excluding hydrogens is 388 g/mol. The van der Waals surface area contributed by atoms with Gasteiger partial charge in [-0.05, 0) is 5.92 Å². The molecule has 0 spiro atoms. The number of carbonyl (C=O) groups excluding carboxylic acids is 1. The Morgan fingerprint density at radius 2 is 2.03 bits per heavy atom. The molecule has 1 aliphatic rings. The van der Waals surface area contributed by atoms with Crippen LogP contribution in [0.2, 0.25) is 0 Å².